The van der Waals surface area contributed by atoms with Gasteiger partial charge in [0.05, 0.1) is 11.3 Å². The van der Waals surface area contributed by atoms with Crippen molar-refractivity contribution in [2.75, 3.05) is 9.80 Å². The van der Waals surface area contributed by atoms with Gasteiger partial charge in [-0.05, 0) is 110 Å². The third kappa shape index (κ3) is 6.64. The molecule has 1 aliphatic carbocycles. The van der Waals surface area contributed by atoms with Crippen LogP contribution in [-0.4, -0.2) is 0 Å². The number of halogens is 4. The molecule has 0 amide bonds. The maximum Gasteiger partial charge on any atom is 0.186 e. The summed E-state index contributed by atoms with van der Waals surface area (Å²) in [6.07, 6.45) is 0. The Hall–Kier alpha value is -7.96. The molecule has 0 aliphatic heterocycles. The lowest BCUT2D eigenvalue weighted by molar-refractivity contribution is 0.461. The van der Waals surface area contributed by atoms with E-state index in [4.69, 9.17) is 0 Å². The SMILES string of the molecule is CC1(C)c2ccccc2-c2ccc(N(c3c(F)c(F)c(-c4ccc(N(c5ccc(-c6ccccc6)cc5)c5ccc6ccccc6c5)cc4)c(F)c3F)c3cccc4ccccc34)cc21. The molecule has 0 saturated heterocycles. The minimum Gasteiger partial charge on any atom is -0.310 e. The van der Waals surface area contributed by atoms with E-state index in [0.717, 1.165) is 60.9 Å². The van der Waals surface area contributed by atoms with E-state index in [-0.39, 0.29) is 5.56 Å². The first-order valence-electron chi connectivity index (χ1n) is 21.6. The summed E-state index contributed by atoms with van der Waals surface area (Å²) in [5, 5.41) is 3.57. The summed E-state index contributed by atoms with van der Waals surface area (Å²) in [4.78, 5) is 3.36. The van der Waals surface area contributed by atoms with Gasteiger partial charge in [-0.3, -0.25) is 0 Å². The average Bonchev–Trinajstić information content (AvgIpc) is 3.58. The predicted octanol–water partition coefficient (Wildman–Crippen LogP) is 17.1. The van der Waals surface area contributed by atoms with Crippen molar-refractivity contribution in [1.82, 2.24) is 0 Å². The van der Waals surface area contributed by atoms with Gasteiger partial charge in [0.1, 0.15) is 5.69 Å². The lowest BCUT2D eigenvalue weighted by atomic mass is 9.82. The fraction of sp³-hybridized carbons (Fsp3) is 0.0508. The molecule has 0 N–H and O–H groups in total. The number of rotatable bonds is 8. The Morgan fingerprint density at radius 2 is 0.877 bits per heavy atom. The molecule has 10 aromatic carbocycles. The van der Waals surface area contributed by atoms with Crippen molar-refractivity contribution in [3.8, 4) is 33.4 Å². The standard InChI is InChI=1S/C59H40F4N2/c1-59(2)50-21-11-10-20-48(50)49-34-33-46(36-51(49)59)65(52-22-12-18-40-16-8-9-19-47(40)52)58-56(62)54(60)53(55(61)57(58)63)41-26-30-44(31-27-41)64(45-32-25-38-15-6-7-17-42(38)35-45)43-28-23-39(24-29-43)37-13-4-3-5-14-37/h3-36H,1-2H3. The van der Waals surface area contributed by atoms with Gasteiger partial charge in [-0.2, -0.15) is 0 Å². The van der Waals surface area contributed by atoms with Gasteiger partial charge >= 0.3 is 0 Å². The minimum absolute atomic E-state index is 0.0141. The zero-order chi connectivity index (χ0) is 44.4. The van der Waals surface area contributed by atoms with Crippen molar-refractivity contribution in [3.63, 3.8) is 0 Å². The summed E-state index contributed by atoms with van der Waals surface area (Å²) in [7, 11) is 0. The van der Waals surface area contributed by atoms with Crippen molar-refractivity contribution in [1.29, 1.82) is 0 Å². The highest BCUT2D eigenvalue weighted by atomic mass is 19.2. The van der Waals surface area contributed by atoms with Crippen molar-refractivity contribution in [2.24, 2.45) is 0 Å². The normalized spacial score (nSPS) is 12.6. The van der Waals surface area contributed by atoms with Gasteiger partial charge in [-0.1, -0.05) is 166 Å². The predicted molar refractivity (Wildman–Crippen MR) is 259 cm³/mol. The van der Waals surface area contributed by atoms with Crippen molar-refractivity contribution < 1.29 is 17.6 Å². The molecule has 0 unspecified atom stereocenters. The lowest BCUT2D eigenvalue weighted by Crippen LogP contribution is -2.19. The Morgan fingerprint density at radius 3 is 1.60 bits per heavy atom. The minimum atomic E-state index is -1.50. The Kier molecular flexibility index (Phi) is 9.62. The van der Waals surface area contributed by atoms with E-state index in [1.165, 1.54) is 17.0 Å². The van der Waals surface area contributed by atoms with E-state index in [0.29, 0.717) is 22.4 Å². The summed E-state index contributed by atoms with van der Waals surface area (Å²) in [5.74, 6) is -5.99. The van der Waals surface area contributed by atoms with Gasteiger partial charge in [-0.25, -0.2) is 17.6 Å². The number of hydrogen-bond acceptors (Lipinski definition) is 2. The molecule has 0 radical (unpaired) electrons. The fourth-order valence-electron chi connectivity index (χ4n) is 9.67. The van der Waals surface area contributed by atoms with Gasteiger partial charge in [-0.15, -0.1) is 0 Å². The summed E-state index contributed by atoms with van der Waals surface area (Å²) in [5.41, 5.74) is 7.27. The third-order valence-electron chi connectivity index (χ3n) is 12.9. The zero-order valence-electron chi connectivity index (χ0n) is 35.5. The van der Waals surface area contributed by atoms with E-state index < -0.39 is 39.9 Å². The molecule has 2 nitrogen and oxygen atoms in total. The van der Waals surface area contributed by atoms with Crippen LogP contribution in [0.1, 0.15) is 25.0 Å². The molecule has 10 aromatic rings. The molecular formula is C59H40F4N2. The van der Waals surface area contributed by atoms with Gasteiger partial charge in [0.2, 0.25) is 0 Å². The Bertz CT molecular complexity index is 3420. The topological polar surface area (TPSA) is 6.48 Å². The number of hydrogen-bond donors (Lipinski definition) is 0. The molecule has 65 heavy (non-hydrogen) atoms. The molecule has 314 valence electrons. The molecule has 0 spiro atoms. The van der Waals surface area contributed by atoms with Gasteiger partial charge in [0.25, 0.3) is 0 Å². The van der Waals surface area contributed by atoms with Crippen LogP contribution < -0.4 is 9.80 Å². The van der Waals surface area contributed by atoms with Crippen LogP contribution in [0.4, 0.5) is 51.7 Å². The first kappa shape index (κ1) is 39.9. The zero-order valence-corrected chi connectivity index (χ0v) is 35.5. The smallest absolute Gasteiger partial charge is 0.186 e. The van der Waals surface area contributed by atoms with Crippen LogP contribution in [0, 0.1) is 23.3 Å². The highest BCUT2D eigenvalue weighted by molar-refractivity contribution is 6.00. The molecule has 11 rings (SSSR count). The Morgan fingerprint density at radius 1 is 0.354 bits per heavy atom. The molecule has 0 bridgehead atoms. The van der Waals surface area contributed by atoms with Crippen LogP contribution in [0.5, 0.6) is 0 Å². The van der Waals surface area contributed by atoms with Crippen molar-refractivity contribution >= 4 is 55.7 Å². The molecule has 0 aromatic heterocycles. The first-order chi connectivity index (χ1) is 31.7. The largest absolute Gasteiger partial charge is 0.310 e. The molecule has 0 saturated carbocycles. The number of nitrogens with zero attached hydrogens (tertiary/aromatic N) is 2. The van der Waals surface area contributed by atoms with Gasteiger partial charge in [0.15, 0.2) is 23.3 Å². The van der Waals surface area contributed by atoms with Crippen LogP contribution in [0.3, 0.4) is 0 Å². The number of benzene rings is 10. The van der Waals surface area contributed by atoms with Crippen LogP contribution in [0.2, 0.25) is 0 Å². The highest BCUT2D eigenvalue weighted by Crippen LogP contribution is 2.52. The molecule has 0 heterocycles. The first-order valence-corrected chi connectivity index (χ1v) is 21.6. The second-order valence-corrected chi connectivity index (χ2v) is 17.0. The van der Waals surface area contributed by atoms with E-state index in [2.05, 4.69) is 56.3 Å². The number of anilines is 6. The molecule has 0 fully saturated rings. The van der Waals surface area contributed by atoms with E-state index >= 15 is 17.6 Å². The second kappa shape index (κ2) is 15.7. The molecular weight excluding hydrogens is 813 g/mol. The van der Waals surface area contributed by atoms with Crippen LogP contribution >= 0.6 is 0 Å². The second-order valence-electron chi connectivity index (χ2n) is 17.0. The summed E-state index contributed by atoms with van der Waals surface area (Å²) in [6, 6.07) is 65.4. The highest BCUT2D eigenvalue weighted by Gasteiger charge is 2.37. The summed E-state index contributed by atoms with van der Waals surface area (Å²) in [6.45, 7) is 4.21. The summed E-state index contributed by atoms with van der Waals surface area (Å²) >= 11 is 0. The van der Waals surface area contributed by atoms with E-state index in [1.807, 2.05) is 126 Å². The Labute approximate surface area is 374 Å². The average molecular weight is 853 g/mol. The number of fused-ring (bicyclic) bond motifs is 5. The van der Waals surface area contributed by atoms with E-state index in [1.54, 1.807) is 30.3 Å². The maximum atomic E-state index is 17.2. The molecule has 6 heteroatoms. The van der Waals surface area contributed by atoms with Crippen molar-refractivity contribution in [3.05, 3.63) is 241 Å². The maximum absolute atomic E-state index is 17.2. The third-order valence-corrected chi connectivity index (χ3v) is 12.9. The monoisotopic (exact) mass is 852 g/mol. The Balaban J connectivity index is 1.03. The van der Waals surface area contributed by atoms with Crippen LogP contribution in [0.25, 0.3) is 54.9 Å². The van der Waals surface area contributed by atoms with Crippen molar-refractivity contribution in [2.45, 2.75) is 19.3 Å². The van der Waals surface area contributed by atoms with E-state index in [9.17, 15) is 0 Å². The van der Waals surface area contributed by atoms with Crippen LogP contribution in [0.15, 0.2) is 206 Å². The lowest BCUT2D eigenvalue weighted by Gasteiger charge is -2.30. The van der Waals surface area contributed by atoms with Gasteiger partial charge < -0.3 is 9.80 Å². The van der Waals surface area contributed by atoms with Gasteiger partial charge in [0, 0.05) is 33.6 Å². The summed E-state index contributed by atoms with van der Waals surface area (Å²) < 4.78 is 68.1. The quantitative estimate of drug-likeness (QED) is 0.111. The molecule has 0 atom stereocenters. The fourth-order valence-corrected chi connectivity index (χ4v) is 9.67. The molecule has 1 aliphatic rings. The van der Waals surface area contributed by atoms with Crippen LogP contribution in [-0.2, 0) is 5.41 Å².